The highest BCUT2D eigenvalue weighted by Gasteiger charge is 2.12. The number of imide groups is 1. The molecule has 0 heterocycles. The Kier molecular flexibility index (Phi) is 6.87. The van der Waals surface area contributed by atoms with E-state index < -0.39 is 24.5 Å². The van der Waals surface area contributed by atoms with Gasteiger partial charge in [-0.15, -0.1) is 0 Å². The second-order valence-corrected chi connectivity index (χ2v) is 5.65. The summed E-state index contributed by atoms with van der Waals surface area (Å²) in [7, 11) is 0. The summed E-state index contributed by atoms with van der Waals surface area (Å²) >= 11 is 3.25. The number of hydrogen-bond acceptors (Lipinski definition) is 4. The van der Waals surface area contributed by atoms with Crippen molar-refractivity contribution in [1.29, 1.82) is 0 Å². The van der Waals surface area contributed by atoms with Crippen LogP contribution < -0.4 is 10.6 Å². The van der Waals surface area contributed by atoms with E-state index in [2.05, 4.69) is 26.6 Å². The molecule has 0 fully saturated rings. The third kappa shape index (κ3) is 6.89. The van der Waals surface area contributed by atoms with E-state index in [4.69, 9.17) is 4.74 Å². The molecule has 1 aromatic rings. The summed E-state index contributed by atoms with van der Waals surface area (Å²) in [5, 5.41) is 4.60. The lowest BCUT2D eigenvalue weighted by molar-refractivity contribution is -0.123. The Bertz CT molecular complexity index is 514. The van der Waals surface area contributed by atoms with E-state index in [1.54, 1.807) is 24.3 Å². The van der Waals surface area contributed by atoms with E-state index in [9.17, 15) is 14.4 Å². The van der Waals surface area contributed by atoms with Crippen molar-refractivity contribution in [1.82, 2.24) is 10.6 Å². The van der Waals surface area contributed by atoms with Crippen LogP contribution in [0.4, 0.5) is 4.79 Å². The summed E-state index contributed by atoms with van der Waals surface area (Å²) in [6, 6.07) is 5.92. The number of carbonyl (C=O) groups is 3. The first-order chi connectivity index (χ1) is 9.88. The van der Waals surface area contributed by atoms with Crippen LogP contribution in [0.2, 0.25) is 0 Å². The molecule has 0 saturated carbocycles. The molecule has 114 valence electrons. The van der Waals surface area contributed by atoms with Crippen LogP contribution in [0.3, 0.4) is 0 Å². The molecule has 6 nitrogen and oxygen atoms in total. The highest BCUT2D eigenvalue weighted by atomic mass is 79.9. The summed E-state index contributed by atoms with van der Waals surface area (Å²) in [4.78, 5) is 34.4. The molecule has 1 aromatic carbocycles. The number of ether oxygens (including phenoxy) is 1. The Morgan fingerprint density at radius 3 is 2.38 bits per heavy atom. The molecule has 7 heteroatoms. The Morgan fingerprint density at radius 2 is 1.81 bits per heavy atom. The molecular weight excluding hydrogens is 340 g/mol. The first-order valence-electron chi connectivity index (χ1n) is 6.39. The maximum atomic E-state index is 11.6. The van der Waals surface area contributed by atoms with Gasteiger partial charge in [-0.25, -0.2) is 9.59 Å². The standard InChI is InChI=1S/C14H17BrN2O4/c1-9(2)7-16-14(20)17-12(18)8-21-13(19)10-3-5-11(15)6-4-10/h3-6,9H,7-8H2,1-2H3,(H2,16,17,18,20). The normalized spacial score (nSPS) is 10.1. The molecule has 21 heavy (non-hydrogen) atoms. The van der Waals surface area contributed by atoms with E-state index in [1.165, 1.54) is 0 Å². The van der Waals surface area contributed by atoms with Crippen LogP contribution in [0.5, 0.6) is 0 Å². The van der Waals surface area contributed by atoms with Crippen molar-refractivity contribution in [2.75, 3.05) is 13.2 Å². The van der Waals surface area contributed by atoms with Crippen LogP contribution in [0.1, 0.15) is 24.2 Å². The number of benzene rings is 1. The number of urea groups is 1. The Morgan fingerprint density at radius 1 is 1.19 bits per heavy atom. The van der Waals surface area contributed by atoms with Gasteiger partial charge in [-0.3, -0.25) is 10.1 Å². The van der Waals surface area contributed by atoms with Crippen molar-refractivity contribution in [3.8, 4) is 0 Å². The zero-order chi connectivity index (χ0) is 15.8. The number of amides is 3. The van der Waals surface area contributed by atoms with Gasteiger partial charge in [0.05, 0.1) is 5.56 Å². The Hall–Kier alpha value is -1.89. The van der Waals surface area contributed by atoms with Crippen LogP contribution in [0, 0.1) is 5.92 Å². The summed E-state index contributed by atoms with van der Waals surface area (Å²) < 4.78 is 5.64. The van der Waals surface area contributed by atoms with Crippen molar-refractivity contribution >= 4 is 33.8 Å². The molecule has 0 unspecified atom stereocenters. The van der Waals surface area contributed by atoms with E-state index in [-0.39, 0.29) is 5.92 Å². The molecule has 1 rings (SSSR count). The highest BCUT2D eigenvalue weighted by molar-refractivity contribution is 9.10. The minimum atomic E-state index is -0.679. The van der Waals surface area contributed by atoms with E-state index >= 15 is 0 Å². The number of halogens is 1. The third-order valence-electron chi connectivity index (χ3n) is 2.34. The van der Waals surface area contributed by atoms with Gasteiger partial charge in [0.1, 0.15) is 0 Å². The average molecular weight is 357 g/mol. The summed E-state index contributed by atoms with van der Waals surface area (Å²) in [6.45, 7) is 3.81. The molecule has 0 aliphatic rings. The zero-order valence-electron chi connectivity index (χ0n) is 11.8. The van der Waals surface area contributed by atoms with Crippen LogP contribution in [0.25, 0.3) is 0 Å². The molecule has 0 atom stereocenters. The Labute approximate surface area is 131 Å². The van der Waals surface area contributed by atoms with E-state index in [0.717, 1.165) is 4.47 Å². The monoisotopic (exact) mass is 356 g/mol. The van der Waals surface area contributed by atoms with Gasteiger partial charge >= 0.3 is 12.0 Å². The van der Waals surface area contributed by atoms with Gasteiger partial charge in [0, 0.05) is 11.0 Å². The van der Waals surface area contributed by atoms with Gasteiger partial charge in [-0.1, -0.05) is 29.8 Å². The third-order valence-corrected chi connectivity index (χ3v) is 2.87. The predicted octanol–water partition coefficient (Wildman–Crippen LogP) is 2.09. The molecule has 2 N–H and O–H groups in total. The number of nitrogens with one attached hydrogen (secondary N) is 2. The number of carbonyl (C=O) groups excluding carboxylic acids is 3. The SMILES string of the molecule is CC(C)CNC(=O)NC(=O)COC(=O)c1ccc(Br)cc1. The van der Waals surface area contributed by atoms with Gasteiger partial charge in [-0.2, -0.15) is 0 Å². The molecule has 0 radical (unpaired) electrons. The molecule has 0 bridgehead atoms. The number of rotatable bonds is 5. The molecule has 0 aliphatic carbocycles. The lowest BCUT2D eigenvalue weighted by atomic mass is 10.2. The second-order valence-electron chi connectivity index (χ2n) is 4.74. The van der Waals surface area contributed by atoms with E-state index in [1.807, 2.05) is 13.8 Å². The summed E-state index contributed by atoms with van der Waals surface area (Å²) in [6.07, 6.45) is 0. The molecule has 0 aliphatic heterocycles. The van der Waals surface area contributed by atoms with Crippen molar-refractivity contribution in [2.45, 2.75) is 13.8 Å². The number of hydrogen-bond donors (Lipinski definition) is 2. The quantitative estimate of drug-likeness (QED) is 0.791. The second kappa shape index (κ2) is 8.41. The fourth-order valence-electron chi connectivity index (χ4n) is 1.30. The van der Waals surface area contributed by atoms with Gasteiger partial charge in [0.15, 0.2) is 6.61 Å². The minimum absolute atomic E-state index is 0.279. The number of esters is 1. The fraction of sp³-hybridized carbons (Fsp3) is 0.357. The molecule has 3 amide bonds. The largest absolute Gasteiger partial charge is 0.452 e. The topological polar surface area (TPSA) is 84.5 Å². The molecule has 0 spiro atoms. The van der Waals surface area contributed by atoms with E-state index in [0.29, 0.717) is 12.1 Å². The van der Waals surface area contributed by atoms with Gasteiger partial charge < -0.3 is 10.1 Å². The molecule has 0 aromatic heterocycles. The van der Waals surface area contributed by atoms with Gasteiger partial charge in [0.2, 0.25) is 0 Å². The highest BCUT2D eigenvalue weighted by Crippen LogP contribution is 2.11. The first kappa shape index (κ1) is 17.2. The lowest BCUT2D eigenvalue weighted by Gasteiger charge is -2.09. The average Bonchev–Trinajstić information content (AvgIpc) is 2.43. The van der Waals surface area contributed by atoms with Crippen molar-refractivity contribution in [3.05, 3.63) is 34.3 Å². The maximum absolute atomic E-state index is 11.6. The van der Waals surface area contributed by atoms with Crippen molar-refractivity contribution < 1.29 is 19.1 Å². The van der Waals surface area contributed by atoms with Crippen LogP contribution >= 0.6 is 15.9 Å². The zero-order valence-corrected chi connectivity index (χ0v) is 13.4. The fourth-order valence-corrected chi connectivity index (χ4v) is 1.57. The maximum Gasteiger partial charge on any atom is 0.338 e. The summed E-state index contributed by atoms with van der Waals surface area (Å²) in [5.74, 6) is -1.02. The Balaban J connectivity index is 2.34. The summed E-state index contributed by atoms with van der Waals surface area (Å²) in [5.41, 5.74) is 0.329. The smallest absolute Gasteiger partial charge is 0.338 e. The molecule has 0 saturated heterocycles. The van der Waals surface area contributed by atoms with Crippen LogP contribution in [0.15, 0.2) is 28.7 Å². The minimum Gasteiger partial charge on any atom is -0.452 e. The van der Waals surface area contributed by atoms with Crippen LogP contribution in [-0.2, 0) is 9.53 Å². The van der Waals surface area contributed by atoms with Crippen molar-refractivity contribution in [2.24, 2.45) is 5.92 Å². The van der Waals surface area contributed by atoms with Gasteiger partial charge in [-0.05, 0) is 30.2 Å². The predicted molar refractivity (Wildman–Crippen MR) is 80.8 cm³/mol. The first-order valence-corrected chi connectivity index (χ1v) is 7.18. The molecular formula is C14H17BrN2O4. The van der Waals surface area contributed by atoms with Gasteiger partial charge in [0.25, 0.3) is 5.91 Å². The van der Waals surface area contributed by atoms with Crippen molar-refractivity contribution in [3.63, 3.8) is 0 Å². The lowest BCUT2D eigenvalue weighted by Crippen LogP contribution is -2.42. The van der Waals surface area contributed by atoms with Crippen LogP contribution in [-0.4, -0.2) is 31.1 Å².